The van der Waals surface area contributed by atoms with Crippen LogP contribution in [0.2, 0.25) is 0 Å². The van der Waals surface area contributed by atoms with Crippen molar-refractivity contribution < 1.29 is 0 Å². The molecule has 0 saturated heterocycles. The second-order valence-corrected chi connectivity index (χ2v) is 5.30. The van der Waals surface area contributed by atoms with Crippen molar-refractivity contribution in [2.75, 3.05) is 0 Å². The van der Waals surface area contributed by atoms with E-state index in [1.54, 1.807) is 6.20 Å². The monoisotopic (exact) mass is 297 g/mol. The Labute approximate surface area is 134 Å². The van der Waals surface area contributed by atoms with Gasteiger partial charge in [-0.1, -0.05) is 48.5 Å². The van der Waals surface area contributed by atoms with Crippen molar-refractivity contribution in [2.45, 2.75) is 0 Å². The molecule has 2 heterocycles. The predicted octanol–water partition coefficient (Wildman–Crippen LogP) is 4.60. The number of nitrogens with zero attached hydrogens (tertiary/aromatic N) is 3. The van der Waals surface area contributed by atoms with E-state index in [0.717, 1.165) is 16.9 Å². The Morgan fingerprint density at radius 3 is 2.35 bits per heavy atom. The minimum Gasteiger partial charge on any atom is -0.256 e. The van der Waals surface area contributed by atoms with E-state index in [-0.39, 0.29) is 0 Å². The maximum Gasteiger partial charge on any atom is 0.0733 e. The number of hydrogen-bond donors (Lipinski definition) is 0. The van der Waals surface area contributed by atoms with Gasteiger partial charge in [0.1, 0.15) is 0 Å². The molecule has 0 aliphatic heterocycles. The lowest BCUT2D eigenvalue weighted by Gasteiger charge is -2.05. The average molecular weight is 297 g/mol. The van der Waals surface area contributed by atoms with Gasteiger partial charge in [0.2, 0.25) is 0 Å². The van der Waals surface area contributed by atoms with Gasteiger partial charge in [-0.15, -0.1) is 0 Å². The van der Waals surface area contributed by atoms with E-state index >= 15 is 0 Å². The van der Waals surface area contributed by atoms with Crippen LogP contribution in [0.3, 0.4) is 0 Å². The van der Waals surface area contributed by atoms with Crippen molar-refractivity contribution in [3.8, 4) is 28.1 Å². The zero-order chi connectivity index (χ0) is 15.5. The summed E-state index contributed by atoms with van der Waals surface area (Å²) in [6.07, 6.45) is 5.65. The Morgan fingerprint density at radius 2 is 1.52 bits per heavy atom. The van der Waals surface area contributed by atoms with Crippen LogP contribution in [0, 0.1) is 0 Å². The minimum absolute atomic E-state index is 0.929. The van der Waals surface area contributed by atoms with Crippen LogP contribution in [0.1, 0.15) is 0 Å². The Bertz CT molecular complexity index is 912. The van der Waals surface area contributed by atoms with Gasteiger partial charge in [-0.25, -0.2) is 4.68 Å². The summed E-state index contributed by atoms with van der Waals surface area (Å²) in [4.78, 5) is 4.37. The van der Waals surface area contributed by atoms with E-state index in [1.165, 1.54) is 11.1 Å². The van der Waals surface area contributed by atoms with Crippen molar-refractivity contribution in [3.63, 3.8) is 0 Å². The first-order chi connectivity index (χ1) is 11.4. The first-order valence-electron chi connectivity index (χ1n) is 7.52. The van der Waals surface area contributed by atoms with Gasteiger partial charge in [-0.05, 0) is 35.4 Å². The molecule has 2 aromatic heterocycles. The molecule has 23 heavy (non-hydrogen) atoms. The van der Waals surface area contributed by atoms with Crippen LogP contribution in [0.5, 0.6) is 0 Å². The van der Waals surface area contributed by atoms with Crippen LogP contribution in [0.15, 0.2) is 91.4 Å². The summed E-state index contributed by atoms with van der Waals surface area (Å²) < 4.78 is 1.89. The second-order valence-electron chi connectivity index (χ2n) is 5.30. The highest BCUT2D eigenvalue weighted by molar-refractivity contribution is 5.66. The van der Waals surface area contributed by atoms with Gasteiger partial charge in [0.05, 0.1) is 17.6 Å². The third-order valence-electron chi connectivity index (χ3n) is 3.76. The third kappa shape index (κ3) is 2.77. The van der Waals surface area contributed by atoms with E-state index in [4.69, 9.17) is 0 Å². The molecule has 0 spiro atoms. The van der Waals surface area contributed by atoms with Crippen LogP contribution in [-0.4, -0.2) is 14.8 Å². The van der Waals surface area contributed by atoms with Crippen molar-refractivity contribution >= 4 is 0 Å². The molecule has 4 rings (SSSR count). The normalized spacial score (nSPS) is 10.6. The number of rotatable bonds is 3. The third-order valence-corrected chi connectivity index (χ3v) is 3.76. The Kier molecular flexibility index (Phi) is 3.45. The largest absolute Gasteiger partial charge is 0.256 e. The van der Waals surface area contributed by atoms with E-state index in [0.29, 0.717) is 0 Å². The molecule has 3 nitrogen and oxygen atoms in total. The Balaban J connectivity index is 1.71. The molecule has 0 bridgehead atoms. The van der Waals surface area contributed by atoms with Crippen LogP contribution in [0.4, 0.5) is 0 Å². The molecule has 2 aromatic carbocycles. The van der Waals surface area contributed by atoms with Crippen LogP contribution in [0.25, 0.3) is 28.1 Å². The van der Waals surface area contributed by atoms with Crippen LogP contribution >= 0.6 is 0 Å². The van der Waals surface area contributed by atoms with Gasteiger partial charge in [0.25, 0.3) is 0 Å². The minimum atomic E-state index is 0.929. The second kappa shape index (κ2) is 5.89. The lowest BCUT2D eigenvalue weighted by atomic mass is 10.1. The molecule has 110 valence electrons. The molecular weight excluding hydrogens is 282 g/mol. The highest BCUT2D eigenvalue weighted by atomic mass is 15.3. The summed E-state index contributed by atoms with van der Waals surface area (Å²) in [5, 5.41) is 4.47. The summed E-state index contributed by atoms with van der Waals surface area (Å²) in [5.41, 5.74) is 5.35. The Hall–Kier alpha value is -3.20. The highest BCUT2D eigenvalue weighted by Crippen LogP contribution is 2.23. The van der Waals surface area contributed by atoms with Crippen molar-refractivity contribution in [3.05, 3.63) is 91.4 Å². The fraction of sp³-hybridized carbons (Fsp3) is 0. The lowest BCUT2D eigenvalue weighted by molar-refractivity contribution is 0.881. The Morgan fingerprint density at radius 1 is 0.696 bits per heavy atom. The summed E-state index contributed by atoms with van der Waals surface area (Å²) in [6.45, 7) is 0. The number of aromatic nitrogens is 3. The first-order valence-corrected chi connectivity index (χ1v) is 7.52. The first kappa shape index (κ1) is 13.5. The lowest BCUT2D eigenvalue weighted by Crippen LogP contribution is -1.94. The van der Waals surface area contributed by atoms with Gasteiger partial charge in [0.15, 0.2) is 0 Å². The van der Waals surface area contributed by atoms with E-state index in [9.17, 15) is 0 Å². The quantitative estimate of drug-likeness (QED) is 0.553. The van der Waals surface area contributed by atoms with Crippen LogP contribution < -0.4 is 0 Å². The number of hydrogen-bond acceptors (Lipinski definition) is 2. The molecule has 3 heteroatoms. The van der Waals surface area contributed by atoms with Gasteiger partial charge < -0.3 is 0 Å². The number of benzene rings is 2. The van der Waals surface area contributed by atoms with Gasteiger partial charge >= 0.3 is 0 Å². The highest BCUT2D eigenvalue weighted by Gasteiger charge is 2.05. The molecule has 0 aliphatic carbocycles. The fourth-order valence-corrected chi connectivity index (χ4v) is 2.59. The van der Waals surface area contributed by atoms with Gasteiger partial charge in [-0.2, -0.15) is 5.10 Å². The SMILES string of the molecule is c1ccc(-c2cccc(-n3cc(-c4ccccn4)cn3)c2)cc1. The maximum atomic E-state index is 4.47. The summed E-state index contributed by atoms with van der Waals surface area (Å²) >= 11 is 0. The van der Waals surface area contributed by atoms with Crippen molar-refractivity contribution in [2.24, 2.45) is 0 Å². The van der Waals surface area contributed by atoms with Gasteiger partial charge in [0, 0.05) is 18.0 Å². The molecular formula is C20H15N3. The van der Waals surface area contributed by atoms with E-state index in [1.807, 2.05) is 41.3 Å². The van der Waals surface area contributed by atoms with Crippen molar-refractivity contribution in [1.82, 2.24) is 14.8 Å². The smallest absolute Gasteiger partial charge is 0.0733 e. The molecule has 0 N–H and O–H groups in total. The molecule has 0 unspecified atom stereocenters. The molecule has 0 aliphatic rings. The molecule has 0 amide bonds. The van der Waals surface area contributed by atoms with E-state index in [2.05, 4.69) is 58.6 Å². The maximum absolute atomic E-state index is 4.47. The summed E-state index contributed by atoms with van der Waals surface area (Å²) in [6, 6.07) is 24.6. The fourth-order valence-electron chi connectivity index (χ4n) is 2.59. The van der Waals surface area contributed by atoms with Crippen LogP contribution in [-0.2, 0) is 0 Å². The standard InChI is InChI=1S/C20H15N3/c1-2-7-16(8-3-1)17-9-6-10-19(13-17)23-15-18(14-22-23)20-11-4-5-12-21-20/h1-15H. The number of pyridine rings is 1. The topological polar surface area (TPSA) is 30.7 Å². The summed E-state index contributed by atoms with van der Waals surface area (Å²) in [5.74, 6) is 0. The molecule has 0 fully saturated rings. The molecule has 0 saturated carbocycles. The van der Waals surface area contributed by atoms with Crippen molar-refractivity contribution in [1.29, 1.82) is 0 Å². The molecule has 4 aromatic rings. The molecule has 0 atom stereocenters. The summed E-state index contributed by atoms with van der Waals surface area (Å²) in [7, 11) is 0. The zero-order valence-electron chi connectivity index (χ0n) is 12.5. The zero-order valence-corrected chi connectivity index (χ0v) is 12.5. The van der Waals surface area contributed by atoms with E-state index < -0.39 is 0 Å². The van der Waals surface area contributed by atoms with Gasteiger partial charge in [-0.3, -0.25) is 4.98 Å². The predicted molar refractivity (Wildman–Crippen MR) is 92.2 cm³/mol. The molecule has 0 radical (unpaired) electrons. The average Bonchev–Trinajstić information content (AvgIpc) is 3.14.